The smallest absolute Gasteiger partial charge is 0.312 e. The van der Waals surface area contributed by atoms with Crippen molar-refractivity contribution in [3.63, 3.8) is 0 Å². The zero-order valence-corrected chi connectivity index (χ0v) is 13.2. The summed E-state index contributed by atoms with van der Waals surface area (Å²) in [6, 6.07) is 3.13. The molecule has 1 fully saturated rings. The Morgan fingerprint density at radius 1 is 1.33 bits per heavy atom. The molecule has 116 valence electrons. The third-order valence-electron chi connectivity index (χ3n) is 3.17. The van der Waals surface area contributed by atoms with Gasteiger partial charge < -0.3 is 5.11 Å². The van der Waals surface area contributed by atoms with Crippen molar-refractivity contribution in [2.75, 3.05) is 13.1 Å². The standard InChI is InChI=1S/C12H16N2O5S2/c1-8-6-13(7-9(2)20-8)21(18,19)10-3-4-12(15)11(5-10)14(16)17/h3-5,8-9,15H,6-7H2,1-2H3. The van der Waals surface area contributed by atoms with E-state index >= 15 is 0 Å². The lowest BCUT2D eigenvalue weighted by molar-refractivity contribution is -0.386. The van der Waals surface area contributed by atoms with E-state index in [1.807, 2.05) is 13.8 Å². The molecule has 1 aromatic carbocycles. The second-order valence-electron chi connectivity index (χ2n) is 4.99. The number of phenols is 1. The van der Waals surface area contributed by atoms with E-state index in [0.717, 1.165) is 12.1 Å². The van der Waals surface area contributed by atoms with Gasteiger partial charge >= 0.3 is 5.69 Å². The summed E-state index contributed by atoms with van der Waals surface area (Å²) < 4.78 is 26.5. The van der Waals surface area contributed by atoms with Gasteiger partial charge in [-0.2, -0.15) is 16.1 Å². The molecule has 1 aliphatic rings. The van der Waals surface area contributed by atoms with Crippen LogP contribution in [0.5, 0.6) is 5.75 Å². The van der Waals surface area contributed by atoms with E-state index in [-0.39, 0.29) is 15.4 Å². The van der Waals surface area contributed by atoms with Crippen LogP contribution in [-0.4, -0.2) is 46.3 Å². The minimum atomic E-state index is -3.80. The SMILES string of the molecule is CC1CN(S(=O)(=O)c2ccc(O)c([N+](=O)[O-])c2)CC(C)S1. The summed E-state index contributed by atoms with van der Waals surface area (Å²) in [6.45, 7) is 4.63. The van der Waals surface area contributed by atoms with Crippen molar-refractivity contribution in [3.8, 4) is 5.75 Å². The minimum Gasteiger partial charge on any atom is -0.502 e. The summed E-state index contributed by atoms with van der Waals surface area (Å²) in [5.41, 5.74) is -0.608. The summed E-state index contributed by atoms with van der Waals surface area (Å²) in [5.74, 6) is -0.546. The fourth-order valence-corrected chi connectivity index (χ4v) is 5.44. The van der Waals surface area contributed by atoms with Crippen molar-refractivity contribution < 1.29 is 18.4 Å². The second kappa shape index (κ2) is 5.82. The molecule has 0 saturated carbocycles. The molecule has 1 aromatic rings. The number of rotatable bonds is 3. The van der Waals surface area contributed by atoms with Crippen LogP contribution < -0.4 is 0 Å². The normalized spacial score (nSPS) is 23.9. The molecule has 0 bridgehead atoms. The Morgan fingerprint density at radius 3 is 2.43 bits per heavy atom. The van der Waals surface area contributed by atoms with Gasteiger partial charge in [-0.25, -0.2) is 8.42 Å². The van der Waals surface area contributed by atoms with Crippen molar-refractivity contribution in [1.82, 2.24) is 4.31 Å². The maximum absolute atomic E-state index is 12.6. The van der Waals surface area contributed by atoms with Crippen molar-refractivity contribution in [2.24, 2.45) is 0 Å². The third-order valence-corrected chi connectivity index (χ3v) is 6.22. The lowest BCUT2D eigenvalue weighted by Gasteiger charge is -2.33. The zero-order valence-electron chi connectivity index (χ0n) is 11.6. The van der Waals surface area contributed by atoms with Gasteiger partial charge in [-0.05, 0) is 12.1 Å². The van der Waals surface area contributed by atoms with Crippen LogP contribution >= 0.6 is 11.8 Å². The van der Waals surface area contributed by atoms with Crippen LogP contribution in [-0.2, 0) is 10.0 Å². The molecule has 2 atom stereocenters. The van der Waals surface area contributed by atoms with E-state index in [2.05, 4.69) is 0 Å². The van der Waals surface area contributed by atoms with Gasteiger partial charge in [-0.15, -0.1) is 0 Å². The number of thioether (sulfide) groups is 1. The number of nitrogens with zero attached hydrogens (tertiary/aromatic N) is 2. The first-order chi connectivity index (χ1) is 9.71. The fourth-order valence-electron chi connectivity index (χ4n) is 2.29. The topological polar surface area (TPSA) is 101 Å². The third kappa shape index (κ3) is 3.30. The lowest BCUT2D eigenvalue weighted by Crippen LogP contribution is -2.43. The first-order valence-electron chi connectivity index (χ1n) is 6.35. The Labute approximate surface area is 127 Å². The molecule has 1 saturated heterocycles. The van der Waals surface area contributed by atoms with Crippen LogP contribution in [0.2, 0.25) is 0 Å². The molecular weight excluding hydrogens is 316 g/mol. The average Bonchev–Trinajstić information content (AvgIpc) is 2.37. The molecule has 0 spiro atoms. The number of benzene rings is 1. The molecule has 7 nitrogen and oxygen atoms in total. The summed E-state index contributed by atoms with van der Waals surface area (Å²) >= 11 is 1.71. The molecule has 0 aromatic heterocycles. The summed E-state index contributed by atoms with van der Waals surface area (Å²) in [4.78, 5) is 9.85. The van der Waals surface area contributed by atoms with E-state index in [1.54, 1.807) is 11.8 Å². The van der Waals surface area contributed by atoms with Crippen molar-refractivity contribution in [1.29, 1.82) is 0 Å². The van der Waals surface area contributed by atoms with Gasteiger partial charge in [0.1, 0.15) is 0 Å². The number of nitro groups is 1. The molecular formula is C12H16N2O5S2. The quantitative estimate of drug-likeness (QED) is 0.669. The van der Waals surface area contributed by atoms with Gasteiger partial charge in [-0.1, -0.05) is 13.8 Å². The highest BCUT2D eigenvalue weighted by Crippen LogP contribution is 2.32. The maximum Gasteiger partial charge on any atom is 0.312 e. The van der Waals surface area contributed by atoms with Gasteiger partial charge in [0.05, 0.1) is 9.82 Å². The van der Waals surface area contributed by atoms with Crippen molar-refractivity contribution in [3.05, 3.63) is 28.3 Å². The molecule has 2 unspecified atom stereocenters. The number of phenolic OH excluding ortho intramolecular Hbond substituents is 1. The van der Waals surface area contributed by atoms with Gasteiger partial charge in [0.2, 0.25) is 10.0 Å². The van der Waals surface area contributed by atoms with E-state index in [9.17, 15) is 23.6 Å². The predicted octanol–water partition coefficient (Wildman–Crippen LogP) is 1.81. The molecule has 1 N–H and O–H groups in total. The monoisotopic (exact) mass is 332 g/mol. The molecule has 1 aliphatic heterocycles. The highest BCUT2D eigenvalue weighted by molar-refractivity contribution is 8.00. The first kappa shape index (κ1) is 16.1. The van der Waals surface area contributed by atoms with Crippen LogP contribution in [0.1, 0.15) is 13.8 Å². The van der Waals surface area contributed by atoms with Crippen LogP contribution in [0.4, 0.5) is 5.69 Å². The molecule has 1 heterocycles. The Kier molecular flexibility index (Phi) is 4.45. The molecule has 9 heteroatoms. The largest absolute Gasteiger partial charge is 0.502 e. The predicted molar refractivity (Wildman–Crippen MR) is 80.0 cm³/mol. The molecule has 0 aliphatic carbocycles. The Morgan fingerprint density at radius 2 is 1.90 bits per heavy atom. The summed E-state index contributed by atoms with van der Waals surface area (Å²) in [7, 11) is -3.80. The van der Waals surface area contributed by atoms with E-state index in [1.165, 1.54) is 10.4 Å². The highest BCUT2D eigenvalue weighted by Gasteiger charge is 2.33. The van der Waals surface area contributed by atoms with E-state index in [0.29, 0.717) is 13.1 Å². The van der Waals surface area contributed by atoms with Crippen LogP contribution in [0, 0.1) is 10.1 Å². The Hall–Kier alpha value is -1.32. The highest BCUT2D eigenvalue weighted by atomic mass is 32.2. The second-order valence-corrected chi connectivity index (χ2v) is 8.81. The zero-order chi connectivity index (χ0) is 15.8. The molecule has 21 heavy (non-hydrogen) atoms. The van der Waals surface area contributed by atoms with Crippen molar-refractivity contribution >= 4 is 27.5 Å². The van der Waals surface area contributed by atoms with Crippen LogP contribution in [0.25, 0.3) is 0 Å². The van der Waals surface area contributed by atoms with Gasteiger partial charge in [0.15, 0.2) is 5.75 Å². The summed E-state index contributed by atoms with van der Waals surface area (Å²) in [5, 5.41) is 20.6. The lowest BCUT2D eigenvalue weighted by atomic mass is 10.3. The Balaban J connectivity index is 2.40. The maximum atomic E-state index is 12.6. The van der Waals surface area contributed by atoms with Crippen LogP contribution in [0.3, 0.4) is 0 Å². The minimum absolute atomic E-state index is 0.163. The molecule has 0 amide bonds. The van der Waals surface area contributed by atoms with Gasteiger partial charge in [0, 0.05) is 29.7 Å². The first-order valence-corrected chi connectivity index (χ1v) is 8.73. The number of nitro benzene ring substituents is 1. The van der Waals surface area contributed by atoms with E-state index < -0.39 is 26.4 Å². The van der Waals surface area contributed by atoms with Gasteiger partial charge in [0.25, 0.3) is 0 Å². The number of sulfonamides is 1. The Bertz CT molecular complexity index is 652. The number of hydrogen-bond donors (Lipinski definition) is 1. The molecule has 0 radical (unpaired) electrons. The van der Waals surface area contributed by atoms with Crippen molar-refractivity contribution in [2.45, 2.75) is 29.2 Å². The number of aromatic hydroxyl groups is 1. The average molecular weight is 332 g/mol. The molecule has 2 rings (SSSR count). The van der Waals surface area contributed by atoms with Gasteiger partial charge in [-0.3, -0.25) is 10.1 Å². The van der Waals surface area contributed by atoms with E-state index in [4.69, 9.17) is 0 Å². The fraction of sp³-hybridized carbons (Fsp3) is 0.500. The van der Waals surface area contributed by atoms with Crippen LogP contribution in [0.15, 0.2) is 23.1 Å². The number of hydrogen-bond acceptors (Lipinski definition) is 6. The summed E-state index contributed by atoms with van der Waals surface area (Å²) in [6.07, 6.45) is 0.